The van der Waals surface area contributed by atoms with Gasteiger partial charge >= 0.3 is 15.6 Å². The number of likely N-dealkylation sites (tertiary alicyclic amines) is 1. The molecule has 0 aromatic carbocycles. The number of rotatable bonds is 72. The fourth-order valence-electron chi connectivity index (χ4n) is 15.7. The average Bonchev–Trinajstić information content (AvgIpc) is 1.32. The number of amides is 3. The number of ether oxygens (including phenoxy) is 10. The van der Waals surface area contributed by atoms with Crippen molar-refractivity contribution in [1.29, 1.82) is 0 Å². The number of aliphatic hydroxyl groups is 11. The molecule has 0 aromatic rings. The third-order valence-corrected chi connectivity index (χ3v) is 25.6. The molecule has 0 bridgehead atoms. The molecule has 0 aromatic heterocycles. The van der Waals surface area contributed by atoms with Crippen molar-refractivity contribution in [2.24, 2.45) is 17.8 Å². The van der Waals surface area contributed by atoms with Crippen molar-refractivity contribution in [2.75, 3.05) is 120 Å². The van der Waals surface area contributed by atoms with Crippen LogP contribution in [-0.2, 0) is 113 Å². The Labute approximate surface area is 753 Å². The van der Waals surface area contributed by atoms with Crippen LogP contribution in [0, 0.1) is 17.8 Å². The van der Waals surface area contributed by atoms with E-state index in [4.69, 9.17) is 66.0 Å². The highest BCUT2D eigenvalue weighted by molar-refractivity contribution is 7.47. The molecule has 5 aliphatic rings. The SMILES string of the molecule is CO.COP(=O)(O)OC1C[C@H](C)O[C@@H]1COP(=O)(O)O[C@@H]1C[C@@H](CO)N(C(=O)CCCCCCCCC(=O)NC(COCCC(=O)CCCCCC(=O)CCCCO[C@@H]2OC(CO)[C@H](O)[C@H](O)C2C)(COCCC(=O)CCCCCC(=O)CCCCO[C@@H]2OC(CO)[C@H](O)[C@H](O)C2C)COCCC(=O)NCCCCC(=O)CCCCO[C@@H]2OC(CO)[C@H](O)[C@H](O)C2C)C1. The summed E-state index contributed by atoms with van der Waals surface area (Å²) in [7, 11) is -7.20. The zero-order valence-corrected chi connectivity index (χ0v) is 77.9. The van der Waals surface area contributed by atoms with E-state index < -0.39 is 176 Å². The van der Waals surface area contributed by atoms with Crippen LogP contribution in [0.15, 0.2) is 0 Å². The first-order chi connectivity index (χ1) is 61.2. The summed E-state index contributed by atoms with van der Waals surface area (Å²) in [4.78, 5) is 128. The smallest absolute Gasteiger partial charge is 0.400 e. The lowest BCUT2D eigenvalue weighted by Crippen LogP contribution is -2.58. The molecule has 746 valence electrons. The maximum atomic E-state index is 14.2. The number of carbonyl (C=O) groups is 8. The number of unbranched alkanes of at least 4 members (excludes halogenated alkanes) is 13. The lowest BCUT2D eigenvalue weighted by Gasteiger charge is -2.40. The maximum Gasteiger partial charge on any atom is 0.472 e. The summed E-state index contributed by atoms with van der Waals surface area (Å²) < 4.78 is 104. The standard InChI is InChI=1S/C85H151N3O36P2.CH4O/c1-57-46-68(124-125(107,108)111-5)72(119-57)53-118-126(109,110)123-67-47-61(49-89)88(48-67)75(100)35-17-9-7-6-8-16-34-74(99)87-85(54-112-43-36-65(96)28-14-10-12-26-62(93)31-19-23-40-115-82-58(2)76(101)79(104)69(50-90)120-82,55-113-44-37-66(97)29-15-11-13-27-63(94)32-20-24-41-116-83-59(3)77(102)80(105)70(51-91)121-83)56-114-45-38-73(98)86-39-22-18-30-64(95)33-21-25-42-117-84-60(4)78(103)81(106)71(52-92)122-84;1-2/h57-61,67-72,76-84,89-92,101-106H,6-56H2,1-5H3,(H,86,98)(H,87,99)(H,107,108)(H,109,110);2H,1H3/t57-,58?,59?,60?,61-,67+,68?,69?,70?,71?,72+,76+,77+,78+,79-,80-,81-,82+,83+,84+,85?;/m0./s1. The predicted molar refractivity (Wildman–Crippen MR) is 459 cm³/mol. The summed E-state index contributed by atoms with van der Waals surface area (Å²) in [6.45, 7) is 4.42. The van der Waals surface area contributed by atoms with Crippen molar-refractivity contribution in [3.8, 4) is 0 Å². The van der Waals surface area contributed by atoms with E-state index in [1.165, 1.54) is 4.90 Å². The molecule has 5 fully saturated rings. The first kappa shape index (κ1) is 116. The predicted octanol–water partition coefficient (Wildman–Crippen LogP) is 4.01. The van der Waals surface area contributed by atoms with Crippen molar-refractivity contribution in [1.82, 2.24) is 15.5 Å². The van der Waals surface area contributed by atoms with E-state index >= 15 is 0 Å². The van der Waals surface area contributed by atoms with Gasteiger partial charge in [-0.1, -0.05) is 59.3 Å². The zero-order valence-electron chi connectivity index (χ0n) is 76.1. The number of Topliss-reactive ketones (excluding diaryl/α,β-unsaturated/α-hetero) is 5. The largest absolute Gasteiger partial charge is 0.472 e. The fraction of sp³-hybridized carbons (Fsp3) is 0.907. The van der Waals surface area contributed by atoms with Crippen LogP contribution < -0.4 is 10.6 Å². The normalized spacial score (nSPS) is 28.0. The molecular formula is C86H155N3O37P2. The third-order valence-electron chi connectivity index (χ3n) is 23.6. The number of phosphoric ester groups is 2. The second-order valence-corrected chi connectivity index (χ2v) is 37.2. The number of nitrogens with one attached hydrogen (secondary N) is 2. The van der Waals surface area contributed by atoms with Gasteiger partial charge in [-0.15, -0.1) is 0 Å². The van der Waals surface area contributed by atoms with Gasteiger partial charge in [-0.3, -0.25) is 56.5 Å². The Bertz CT molecular complexity index is 3010. The lowest BCUT2D eigenvalue weighted by atomic mass is 9.92. The molecule has 5 aliphatic heterocycles. The molecule has 40 nitrogen and oxygen atoms in total. The van der Waals surface area contributed by atoms with Gasteiger partial charge in [-0.25, -0.2) is 9.13 Å². The Hall–Kier alpha value is -3.86. The van der Waals surface area contributed by atoms with Crippen molar-refractivity contribution >= 4 is 62.3 Å². The third kappa shape index (κ3) is 45.2. The first-order valence-corrected chi connectivity index (χ1v) is 49.0. The van der Waals surface area contributed by atoms with Crippen LogP contribution in [0.25, 0.3) is 0 Å². The Morgan fingerprint density at radius 2 is 0.773 bits per heavy atom. The van der Waals surface area contributed by atoms with Crippen LogP contribution in [0.2, 0.25) is 0 Å². The van der Waals surface area contributed by atoms with Crippen molar-refractivity contribution in [3.63, 3.8) is 0 Å². The fourth-order valence-corrected chi connectivity index (χ4v) is 17.3. The molecule has 0 saturated carbocycles. The van der Waals surface area contributed by atoms with Gasteiger partial charge in [0.25, 0.3) is 0 Å². The van der Waals surface area contributed by atoms with Crippen LogP contribution >= 0.6 is 15.6 Å². The van der Waals surface area contributed by atoms with Gasteiger partial charge in [0.05, 0.1) is 109 Å². The van der Waals surface area contributed by atoms with E-state index in [1.54, 1.807) is 27.7 Å². The number of ketones is 5. The summed E-state index contributed by atoms with van der Waals surface area (Å²) in [6.07, 6.45) is -1.63. The van der Waals surface area contributed by atoms with Gasteiger partial charge in [0.15, 0.2) is 18.9 Å². The summed E-state index contributed by atoms with van der Waals surface area (Å²) in [6, 6.07) is -0.691. The van der Waals surface area contributed by atoms with Gasteiger partial charge in [-0.2, -0.15) is 0 Å². The molecule has 5 saturated heterocycles. The molecule has 128 heavy (non-hydrogen) atoms. The van der Waals surface area contributed by atoms with Crippen LogP contribution in [0.5, 0.6) is 0 Å². The first-order valence-electron chi connectivity index (χ1n) is 46.0. The van der Waals surface area contributed by atoms with E-state index in [0.29, 0.717) is 167 Å². The highest BCUT2D eigenvalue weighted by Gasteiger charge is 2.47. The minimum absolute atomic E-state index is 0.0240. The topological polar surface area (TPSA) is 590 Å². The zero-order chi connectivity index (χ0) is 94.6. The second kappa shape index (κ2) is 65.0. The monoisotopic (exact) mass is 1880 g/mol. The van der Waals surface area contributed by atoms with Gasteiger partial charge in [0.1, 0.15) is 83.3 Å². The van der Waals surface area contributed by atoms with Crippen LogP contribution in [0.4, 0.5) is 0 Å². The van der Waals surface area contributed by atoms with Crippen LogP contribution in [-0.4, -0.2) is 347 Å². The summed E-state index contributed by atoms with van der Waals surface area (Å²) in [5.41, 5.74) is -1.40. The highest BCUT2D eigenvalue weighted by Crippen LogP contribution is 2.50. The van der Waals surface area contributed by atoms with E-state index in [2.05, 4.69) is 15.2 Å². The van der Waals surface area contributed by atoms with E-state index in [1.807, 2.05) is 0 Å². The van der Waals surface area contributed by atoms with E-state index in [9.17, 15) is 108 Å². The van der Waals surface area contributed by atoms with Crippen LogP contribution in [0.3, 0.4) is 0 Å². The Kier molecular flexibility index (Phi) is 59.1. The number of nitrogens with zero attached hydrogens (tertiary/aromatic N) is 1. The molecule has 5 rings (SSSR count). The number of carbonyl (C=O) groups excluding carboxylic acids is 8. The molecule has 9 unspecified atom stereocenters. The molecular weight excluding hydrogens is 1730 g/mol. The molecule has 15 N–H and O–H groups in total. The Morgan fingerprint density at radius 3 is 1.18 bits per heavy atom. The minimum atomic E-state index is -4.77. The number of aliphatic hydroxyl groups excluding tert-OH is 11. The second-order valence-electron chi connectivity index (χ2n) is 34.3. The van der Waals surface area contributed by atoms with Crippen molar-refractivity contribution < 1.29 is 179 Å². The molecule has 0 aliphatic carbocycles. The molecule has 22 atom stereocenters. The average molecular weight is 1890 g/mol. The molecule has 0 spiro atoms. The summed E-state index contributed by atoms with van der Waals surface area (Å²) in [5, 5.41) is 113. The van der Waals surface area contributed by atoms with E-state index in [-0.39, 0.29) is 177 Å². The molecule has 3 amide bonds. The number of phosphoric acid groups is 2. The van der Waals surface area contributed by atoms with Crippen molar-refractivity contribution in [2.45, 2.75) is 362 Å². The van der Waals surface area contributed by atoms with Gasteiger partial charge in [0.2, 0.25) is 17.7 Å². The van der Waals surface area contributed by atoms with E-state index in [0.717, 1.165) is 14.2 Å². The Balaban J connectivity index is 0.0000170. The highest BCUT2D eigenvalue weighted by atomic mass is 31.2. The van der Waals surface area contributed by atoms with Crippen LogP contribution in [0.1, 0.15) is 252 Å². The number of hydrogen-bond acceptors (Lipinski definition) is 35. The maximum absolute atomic E-state index is 14.2. The molecule has 42 heteroatoms. The summed E-state index contributed by atoms with van der Waals surface area (Å²) in [5.74, 6) is -2.59. The molecule has 5 heterocycles. The number of hydrogen-bond donors (Lipinski definition) is 15. The Morgan fingerprint density at radius 1 is 0.406 bits per heavy atom. The summed E-state index contributed by atoms with van der Waals surface area (Å²) >= 11 is 0. The minimum Gasteiger partial charge on any atom is -0.400 e. The van der Waals surface area contributed by atoms with Gasteiger partial charge in [0, 0.05) is 155 Å². The lowest BCUT2D eigenvalue weighted by molar-refractivity contribution is -0.282. The molecule has 0 radical (unpaired) electrons. The van der Waals surface area contributed by atoms with Gasteiger partial charge in [-0.05, 0) is 103 Å². The van der Waals surface area contributed by atoms with Gasteiger partial charge < -0.3 is 129 Å². The van der Waals surface area contributed by atoms with Crippen molar-refractivity contribution in [3.05, 3.63) is 0 Å². The quantitative estimate of drug-likeness (QED) is 0.0302.